The highest BCUT2D eigenvalue weighted by molar-refractivity contribution is 5.80. The number of benzene rings is 1. The molecule has 1 aliphatic rings. The van der Waals surface area contributed by atoms with Gasteiger partial charge < -0.3 is 9.67 Å². The van der Waals surface area contributed by atoms with Gasteiger partial charge >= 0.3 is 11.1 Å². The van der Waals surface area contributed by atoms with Crippen molar-refractivity contribution in [2.24, 2.45) is 12.1 Å². The van der Waals surface area contributed by atoms with Gasteiger partial charge in [-0.05, 0) is 30.5 Å². The molecule has 4 rings (SSSR count). The molecule has 1 aromatic carbocycles. The number of hydrogen-bond acceptors (Lipinski definition) is 7. The molecular formula is C19H20N6O3. The number of hydrazone groups is 1. The van der Waals surface area contributed by atoms with Gasteiger partial charge in [0.25, 0.3) is 0 Å². The molecule has 3 aromatic rings. The number of hydrogen-bond donors (Lipinski definition) is 2. The van der Waals surface area contributed by atoms with Crippen LogP contribution in [0.4, 0.5) is 5.95 Å². The number of fused-ring (bicyclic) bond motifs is 1. The summed E-state index contributed by atoms with van der Waals surface area (Å²) in [4.78, 5) is 33.6. The first-order valence-corrected chi connectivity index (χ1v) is 9.11. The lowest BCUT2D eigenvalue weighted by atomic mass is 10.2. The third kappa shape index (κ3) is 3.26. The van der Waals surface area contributed by atoms with Crippen LogP contribution in [0.3, 0.4) is 0 Å². The van der Waals surface area contributed by atoms with Crippen LogP contribution in [-0.4, -0.2) is 30.4 Å². The Balaban J connectivity index is 1.73. The minimum Gasteiger partial charge on any atom is -0.508 e. The summed E-state index contributed by atoms with van der Waals surface area (Å²) < 4.78 is 2.79. The Labute approximate surface area is 160 Å². The second-order valence-corrected chi connectivity index (χ2v) is 6.85. The zero-order valence-corrected chi connectivity index (χ0v) is 15.4. The fourth-order valence-corrected chi connectivity index (χ4v) is 3.56. The van der Waals surface area contributed by atoms with Gasteiger partial charge in [0.2, 0.25) is 5.95 Å². The summed E-state index contributed by atoms with van der Waals surface area (Å²) in [7, 11) is 1.54. The normalized spacial score (nSPS) is 14.9. The molecule has 9 heteroatoms. The van der Waals surface area contributed by atoms with Crippen molar-refractivity contribution in [3.63, 3.8) is 0 Å². The van der Waals surface area contributed by atoms with E-state index in [0.29, 0.717) is 16.7 Å². The zero-order valence-electron chi connectivity index (χ0n) is 15.4. The lowest BCUT2D eigenvalue weighted by molar-refractivity contribution is 0.475. The Bertz CT molecular complexity index is 1170. The van der Waals surface area contributed by atoms with Crippen molar-refractivity contribution in [3.8, 4) is 5.75 Å². The molecule has 1 aliphatic carbocycles. The summed E-state index contributed by atoms with van der Waals surface area (Å²) in [6, 6.07) is 6.62. The van der Waals surface area contributed by atoms with Gasteiger partial charge in [-0.25, -0.2) is 10.4 Å². The summed E-state index contributed by atoms with van der Waals surface area (Å²) in [6.07, 6.45) is 6.80. The van der Waals surface area contributed by atoms with Crippen LogP contribution >= 0.6 is 0 Å². The van der Waals surface area contributed by atoms with Gasteiger partial charge in [-0.15, -0.1) is 0 Å². The Hall–Kier alpha value is -3.49. The minimum atomic E-state index is -0.578. The summed E-state index contributed by atoms with van der Waals surface area (Å²) in [5.41, 5.74) is 3.23. The van der Waals surface area contributed by atoms with Gasteiger partial charge in [-0.2, -0.15) is 10.1 Å². The fraction of sp³-hybridized carbons (Fsp3) is 0.316. The van der Waals surface area contributed by atoms with Crippen LogP contribution in [0.15, 0.2) is 45.2 Å². The molecule has 0 bridgehead atoms. The number of aryl methyl sites for hydroxylation is 1. The van der Waals surface area contributed by atoms with Crippen LogP contribution in [0.25, 0.3) is 11.2 Å². The van der Waals surface area contributed by atoms with E-state index >= 15 is 0 Å². The van der Waals surface area contributed by atoms with E-state index in [1.165, 1.54) is 21.5 Å². The maximum atomic E-state index is 12.6. The summed E-state index contributed by atoms with van der Waals surface area (Å²) in [5.74, 6) is 0.362. The molecule has 0 amide bonds. The van der Waals surface area contributed by atoms with Crippen molar-refractivity contribution in [2.75, 3.05) is 5.43 Å². The topological polar surface area (TPSA) is 114 Å². The predicted octanol–water partition coefficient (Wildman–Crippen LogP) is 1.76. The lowest BCUT2D eigenvalue weighted by Crippen LogP contribution is -2.42. The molecule has 0 radical (unpaired) electrons. The molecule has 144 valence electrons. The van der Waals surface area contributed by atoms with Crippen LogP contribution < -0.4 is 16.5 Å². The molecule has 28 heavy (non-hydrogen) atoms. The largest absolute Gasteiger partial charge is 0.508 e. The molecule has 2 heterocycles. The maximum Gasteiger partial charge on any atom is 0.318 e. The Morgan fingerprint density at radius 3 is 2.79 bits per heavy atom. The van der Waals surface area contributed by atoms with E-state index in [2.05, 4.69) is 20.5 Å². The lowest BCUT2D eigenvalue weighted by Gasteiger charge is -2.17. The van der Waals surface area contributed by atoms with Crippen LogP contribution in [0.2, 0.25) is 0 Å². The van der Waals surface area contributed by atoms with Crippen molar-refractivity contribution < 1.29 is 5.11 Å². The third-order valence-corrected chi connectivity index (χ3v) is 4.98. The van der Waals surface area contributed by atoms with Gasteiger partial charge in [0, 0.05) is 13.1 Å². The maximum absolute atomic E-state index is 12.6. The van der Waals surface area contributed by atoms with Crippen LogP contribution in [0.1, 0.15) is 37.3 Å². The second kappa shape index (κ2) is 7.26. The summed E-state index contributed by atoms with van der Waals surface area (Å²) in [5, 5.41) is 13.6. The highest BCUT2D eigenvalue weighted by Gasteiger charge is 2.23. The van der Waals surface area contributed by atoms with Crippen LogP contribution in [0, 0.1) is 0 Å². The Morgan fingerprint density at radius 1 is 1.25 bits per heavy atom. The fourth-order valence-electron chi connectivity index (χ4n) is 3.56. The number of anilines is 1. The molecule has 1 fully saturated rings. The van der Waals surface area contributed by atoms with Gasteiger partial charge in [-0.3, -0.25) is 14.2 Å². The number of nitrogens with one attached hydrogen (secondary N) is 1. The van der Waals surface area contributed by atoms with Crippen molar-refractivity contribution in [1.82, 2.24) is 19.1 Å². The van der Waals surface area contributed by atoms with Gasteiger partial charge in [0.05, 0.1) is 12.4 Å². The molecular weight excluding hydrogens is 360 g/mol. The number of nitrogens with zero attached hydrogens (tertiary/aromatic N) is 5. The average Bonchev–Trinajstić information content (AvgIpc) is 3.21. The minimum absolute atomic E-state index is 0.0255. The first-order chi connectivity index (χ1) is 13.5. The van der Waals surface area contributed by atoms with Gasteiger partial charge in [0.1, 0.15) is 11.3 Å². The van der Waals surface area contributed by atoms with Crippen molar-refractivity contribution in [3.05, 3.63) is 56.7 Å². The van der Waals surface area contributed by atoms with Gasteiger partial charge in [-0.1, -0.05) is 25.0 Å². The second-order valence-electron chi connectivity index (χ2n) is 6.85. The van der Waals surface area contributed by atoms with E-state index in [1.54, 1.807) is 31.3 Å². The predicted molar refractivity (Wildman–Crippen MR) is 106 cm³/mol. The van der Waals surface area contributed by atoms with E-state index in [9.17, 15) is 14.7 Å². The van der Waals surface area contributed by atoms with E-state index < -0.39 is 11.1 Å². The highest BCUT2D eigenvalue weighted by Crippen LogP contribution is 2.29. The molecule has 0 spiro atoms. The SMILES string of the molecule is Cn1c(=O)c(=O)n(C2CCCC2)c2nc(NN=Cc3cccc(O)c3)ncc21. The van der Waals surface area contributed by atoms with Crippen molar-refractivity contribution >= 4 is 23.3 Å². The monoisotopic (exact) mass is 380 g/mol. The standard InChI is InChI=1S/C19H20N6O3/c1-24-15-11-20-19(23-21-10-12-5-4-8-14(26)9-12)22-16(15)25(18(28)17(24)27)13-6-2-3-7-13/h4-5,8-11,13,26H,2-3,6-7H2,1H3,(H,20,22,23). The number of phenolic OH excluding ortho intramolecular Hbond substituents is 1. The first-order valence-electron chi connectivity index (χ1n) is 9.11. The first kappa shape index (κ1) is 17.9. The van der Waals surface area contributed by atoms with Crippen molar-refractivity contribution in [1.29, 1.82) is 0 Å². The molecule has 0 aliphatic heterocycles. The number of rotatable bonds is 4. The Morgan fingerprint density at radius 2 is 2.04 bits per heavy atom. The van der Waals surface area contributed by atoms with E-state index in [-0.39, 0.29) is 17.7 Å². The molecule has 2 aromatic heterocycles. The highest BCUT2D eigenvalue weighted by atomic mass is 16.3. The molecule has 0 saturated heterocycles. The third-order valence-electron chi connectivity index (χ3n) is 4.98. The summed E-state index contributed by atoms with van der Waals surface area (Å²) >= 11 is 0. The van der Waals surface area contributed by atoms with Crippen LogP contribution in [-0.2, 0) is 7.05 Å². The van der Waals surface area contributed by atoms with E-state index in [1.807, 2.05) is 0 Å². The zero-order chi connectivity index (χ0) is 19.7. The quantitative estimate of drug-likeness (QED) is 0.405. The van der Waals surface area contributed by atoms with Gasteiger partial charge in [0.15, 0.2) is 5.65 Å². The smallest absolute Gasteiger partial charge is 0.318 e. The number of aromatic nitrogens is 4. The van der Waals surface area contributed by atoms with Crippen molar-refractivity contribution in [2.45, 2.75) is 31.7 Å². The molecule has 2 N–H and O–H groups in total. The molecule has 9 nitrogen and oxygen atoms in total. The molecule has 0 unspecified atom stereocenters. The Kier molecular flexibility index (Phi) is 4.64. The number of phenols is 1. The van der Waals surface area contributed by atoms with E-state index in [0.717, 1.165) is 25.7 Å². The van der Waals surface area contributed by atoms with E-state index in [4.69, 9.17) is 0 Å². The molecule has 1 saturated carbocycles. The number of aromatic hydroxyl groups is 1. The summed E-state index contributed by atoms with van der Waals surface area (Å²) in [6.45, 7) is 0. The molecule has 0 atom stereocenters. The average molecular weight is 380 g/mol. The van der Waals surface area contributed by atoms with Crippen LogP contribution in [0.5, 0.6) is 5.75 Å².